The predicted molar refractivity (Wildman–Crippen MR) is 76.6 cm³/mol. The third-order valence-corrected chi connectivity index (χ3v) is 3.73. The Balaban J connectivity index is 2.03. The first-order chi connectivity index (χ1) is 9.13. The molecule has 3 N–H and O–H groups in total. The van der Waals surface area contributed by atoms with E-state index in [1.807, 2.05) is 11.7 Å². The zero-order valence-electron chi connectivity index (χ0n) is 12.3. The molecule has 1 fully saturated rings. The third-order valence-electron chi connectivity index (χ3n) is 3.73. The Bertz CT molecular complexity index is 394. The number of hydrogen-bond donors (Lipinski definition) is 2. The second kappa shape index (κ2) is 6.47. The van der Waals surface area contributed by atoms with Crippen molar-refractivity contribution in [3.63, 3.8) is 0 Å². The fraction of sp³-hybridized carbons (Fsp3) is 0.769. The summed E-state index contributed by atoms with van der Waals surface area (Å²) in [7, 11) is 4.13. The zero-order valence-corrected chi connectivity index (χ0v) is 12.3. The molecule has 1 aliphatic heterocycles. The van der Waals surface area contributed by atoms with Crippen LogP contribution in [0.3, 0.4) is 0 Å². The lowest BCUT2D eigenvalue weighted by Gasteiger charge is -2.35. The van der Waals surface area contributed by atoms with Crippen LogP contribution in [0.2, 0.25) is 0 Å². The minimum absolute atomic E-state index is 0.159. The molecule has 108 valence electrons. The highest BCUT2D eigenvalue weighted by molar-refractivity contribution is 5.21. The molecule has 6 nitrogen and oxygen atoms in total. The van der Waals surface area contributed by atoms with Gasteiger partial charge in [-0.3, -0.25) is 4.68 Å². The molecule has 1 atom stereocenters. The highest BCUT2D eigenvalue weighted by Gasteiger charge is 2.21. The molecule has 1 aromatic rings. The number of piperazine rings is 1. The highest BCUT2D eigenvalue weighted by Crippen LogP contribution is 2.17. The van der Waals surface area contributed by atoms with E-state index < -0.39 is 0 Å². The molecule has 0 aromatic carbocycles. The smallest absolute Gasteiger partial charge is 0.0670 e. The molecular formula is C13H26N6. The Morgan fingerprint density at radius 3 is 2.58 bits per heavy atom. The molecule has 2 heterocycles. The lowest BCUT2D eigenvalue weighted by molar-refractivity contribution is 0.0878. The van der Waals surface area contributed by atoms with Crippen LogP contribution in [-0.4, -0.2) is 59.5 Å². The second-order valence-electron chi connectivity index (χ2n) is 5.27. The lowest BCUT2D eigenvalue weighted by Crippen LogP contribution is -2.52. The summed E-state index contributed by atoms with van der Waals surface area (Å²) >= 11 is 0. The molecule has 1 aromatic heterocycles. The van der Waals surface area contributed by atoms with Crippen LogP contribution >= 0.6 is 0 Å². The molecule has 2 rings (SSSR count). The number of rotatable bonds is 5. The molecular weight excluding hydrogens is 240 g/mol. The fourth-order valence-electron chi connectivity index (χ4n) is 2.52. The van der Waals surface area contributed by atoms with E-state index in [1.54, 1.807) is 0 Å². The number of hydrogen-bond acceptors (Lipinski definition) is 5. The standard InChI is InChI=1S/C13H26N6/c1-4-12-11(10-18(3)15-12)13(9-14)16-19-7-5-17(2)6-8-19/h10,13,16H,4-9,14H2,1-3H3. The molecule has 1 saturated heterocycles. The maximum absolute atomic E-state index is 5.95. The molecule has 0 spiro atoms. The van der Waals surface area contributed by atoms with Gasteiger partial charge in [0.1, 0.15) is 0 Å². The second-order valence-corrected chi connectivity index (χ2v) is 5.27. The Morgan fingerprint density at radius 1 is 1.32 bits per heavy atom. The summed E-state index contributed by atoms with van der Waals surface area (Å²) in [5.41, 5.74) is 11.9. The molecule has 1 unspecified atom stereocenters. The van der Waals surface area contributed by atoms with Crippen molar-refractivity contribution in [1.29, 1.82) is 0 Å². The highest BCUT2D eigenvalue weighted by atomic mass is 15.5. The van der Waals surface area contributed by atoms with Crippen molar-refractivity contribution in [1.82, 2.24) is 25.1 Å². The van der Waals surface area contributed by atoms with Crippen LogP contribution in [0, 0.1) is 0 Å². The fourth-order valence-corrected chi connectivity index (χ4v) is 2.52. The van der Waals surface area contributed by atoms with Crippen LogP contribution in [-0.2, 0) is 13.5 Å². The average molecular weight is 266 g/mol. The van der Waals surface area contributed by atoms with Gasteiger partial charge >= 0.3 is 0 Å². The number of aromatic nitrogens is 2. The summed E-state index contributed by atoms with van der Waals surface area (Å²) in [6, 6.07) is 0.159. The Labute approximate surface area is 115 Å². The molecule has 0 aliphatic carbocycles. The van der Waals surface area contributed by atoms with Gasteiger partial charge in [-0.25, -0.2) is 10.4 Å². The topological polar surface area (TPSA) is 62.4 Å². The summed E-state index contributed by atoms with van der Waals surface area (Å²) in [5, 5.41) is 6.78. The van der Waals surface area contributed by atoms with E-state index in [0.717, 1.165) is 38.3 Å². The van der Waals surface area contributed by atoms with Gasteiger partial charge in [0.05, 0.1) is 11.7 Å². The quantitative estimate of drug-likeness (QED) is 0.768. The van der Waals surface area contributed by atoms with Gasteiger partial charge in [0.2, 0.25) is 0 Å². The van der Waals surface area contributed by atoms with E-state index in [9.17, 15) is 0 Å². The number of aryl methyl sites for hydroxylation is 2. The Morgan fingerprint density at radius 2 is 2.00 bits per heavy atom. The summed E-state index contributed by atoms with van der Waals surface area (Å²) in [6.45, 7) is 6.99. The maximum atomic E-state index is 5.95. The van der Waals surface area contributed by atoms with E-state index in [-0.39, 0.29) is 6.04 Å². The van der Waals surface area contributed by atoms with Crippen molar-refractivity contribution in [2.45, 2.75) is 19.4 Å². The number of hydrazine groups is 1. The van der Waals surface area contributed by atoms with E-state index in [2.05, 4.69) is 40.6 Å². The maximum Gasteiger partial charge on any atom is 0.0670 e. The number of likely N-dealkylation sites (N-methyl/N-ethyl adjacent to an activating group) is 1. The van der Waals surface area contributed by atoms with Gasteiger partial charge in [-0.15, -0.1) is 0 Å². The minimum Gasteiger partial charge on any atom is -0.329 e. The predicted octanol–water partition coefficient (Wildman–Crippen LogP) is -0.266. The van der Waals surface area contributed by atoms with Crippen molar-refractivity contribution < 1.29 is 0 Å². The molecule has 0 amide bonds. The van der Waals surface area contributed by atoms with Crippen molar-refractivity contribution >= 4 is 0 Å². The summed E-state index contributed by atoms with van der Waals surface area (Å²) in [5.74, 6) is 0. The van der Waals surface area contributed by atoms with Crippen LogP contribution in [0.1, 0.15) is 24.2 Å². The largest absolute Gasteiger partial charge is 0.329 e. The molecule has 19 heavy (non-hydrogen) atoms. The first-order valence-electron chi connectivity index (χ1n) is 7.06. The van der Waals surface area contributed by atoms with E-state index in [1.165, 1.54) is 5.56 Å². The van der Waals surface area contributed by atoms with Crippen LogP contribution in [0.5, 0.6) is 0 Å². The Kier molecular flexibility index (Phi) is 4.93. The Hall–Kier alpha value is -0.950. The summed E-state index contributed by atoms with van der Waals surface area (Å²) in [4.78, 5) is 2.34. The van der Waals surface area contributed by atoms with Crippen LogP contribution in [0.25, 0.3) is 0 Å². The van der Waals surface area contributed by atoms with Gasteiger partial charge in [-0.05, 0) is 13.5 Å². The third kappa shape index (κ3) is 3.54. The van der Waals surface area contributed by atoms with Gasteiger partial charge in [0, 0.05) is 51.5 Å². The molecule has 0 bridgehead atoms. The summed E-state index contributed by atoms with van der Waals surface area (Å²) in [6.07, 6.45) is 3.02. The number of nitrogens with one attached hydrogen (secondary N) is 1. The lowest BCUT2D eigenvalue weighted by atomic mass is 10.1. The van der Waals surface area contributed by atoms with Crippen molar-refractivity contribution in [2.24, 2.45) is 12.8 Å². The van der Waals surface area contributed by atoms with Gasteiger partial charge in [-0.2, -0.15) is 5.10 Å². The average Bonchev–Trinajstić information content (AvgIpc) is 2.79. The molecule has 0 radical (unpaired) electrons. The van der Waals surface area contributed by atoms with Crippen LogP contribution < -0.4 is 11.2 Å². The first-order valence-corrected chi connectivity index (χ1v) is 7.06. The molecule has 1 aliphatic rings. The van der Waals surface area contributed by atoms with Gasteiger partial charge in [0.15, 0.2) is 0 Å². The van der Waals surface area contributed by atoms with Crippen molar-refractivity contribution in [2.75, 3.05) is 39.8 Å². The van der Waals surface area contributed by atoms with Gasteiger partial charge in [-0.1, -0.05) is 6.92 Å². The SMILES string of the molecule is CCc1nn(C)cc1C(CN)NN1CCN(C)CC1. The van der Waals surface area contributed by atoms with Gasteiger partial charge < -0.3 is 10.6 Å². The number of nitrogens with zero attached hydrogens (tertiary/aromatic N) is 4. The van der Waals surface area contributed by atoms with E-state index in [0.29, 0.717) is 6.54 Å². The van der Waals surface area contributed by atoms with E-state index >= 15 is 0 Å². The minimum atomic E-state index is 0.159. The molecule has 6 heteroatoms. The number of nitrogens with two attached hydrogens (primary N) is 1. The monoisotopic (exact) mass is 266 g/mol. The normalized spacial score (nSPS) is 19.8. The van der Waals surface area contributed by atoms with E-state index in [4.69, 9.17) is 5.73 Å². The van der Waals surface area contributed by atoms with Crippen molar-refractivity contribution in [3.05, 3.63) is 17.5 Å². The van der Waals surface area contributed by atoms with Crippen LogP contribution in [0.4, 0.5) is 0 Å². The van der Waals surface area contributed by atoms with Crippen molar-refractivity contribution in [3.8, 4) is 0 Å². The van der Waals surface area contributed by atoms with Gasteiger partial charge in [0.25, 0.3) is 0 Å². The van der Waals surface area contributed by atoms with Crippen LogP contribution in [0.15, 0.2) is 6.20 Å². The molecule has 0 saturated carbocycles. The zero-order chi connectivity index (χ0) is 13.8. The first kappa shape index (κ1) is 14.5. The summed E-state index contributed by atoms with van der Waals surface area (Å²) < 4.78 is 1.88.